The number of anilines is 2. The molecule has 0 atom stereocenters. The fourth-order valence-electron chi connectivity index (χ4n) is 3.33. The Hall–Kier alpha value is -3.52. The second-order valence-corrected chi connectivity index (χ2v) is 8.90. The van der Waals surface area contributed by atoms with Gasteiger partial charge in [-0.05, 0) is 47.9 Å². The van der Waals surface area contributed by atoms with Crippen LogP contribution in [0.3, 0.4) is 0 Å². The summed E-state index contributed by atoms with van der Waals surface area (Å²) in [5.74, 6) is -0.851. The van der Waals surface area contributed by atoms with Crippen molar-refractivity contribution in [2.24, 2.45) is 0 Å². The Morgan fingerprint density at radius 2 is 1.67 bits per heavy atom. The van der Waals surface area contributed by atoms with Gasteiger partial charge in [0, 0.05) is 6.20 Å². The van der Waals surface area contributed by atoms with Crippen LogP contribution in [-0.4, -0.2) is 25.2 Å². The van der Waals surface area contributed by atoms with E-state index in [2.05, 4.69) is 9.71 Å². The summed E-state index contributed by atoms with van der Waals surface area (Å²) in [5, 5.41) is 0. The number of nitrogens with zero attached hydrogens (tertiary/aromatic N) is 2. The Morgan fingerprint density at radius 1 is 0.933 bits per heavy atom. The van der Waals surface area contributed by atoms with Gasteiger partial charge in [0.15, 0.2) is 0 Å². The zero-order valence-corrected chi connectivity index (χ0v) is 17.2. The van der Waals surface area contributed by atoms with E-state index in [0.717, 1.165) is 10.5 Å². The van der Waals surface area contributed by atoms with Gasteiger partial charge in [-0.3, -0.25) is 19.3 Å². The molecule has 1 aliphatic rings. The van der Waals surface area contributed by atoms with Gasteiger partial charge in [0.1, 0.15) is 0 Å². The molecule has 0 radical (unpaired) electrons. The van der Waals surface area contributed by atoms with Gasteiger partial charge in [0.05, 0.1) is 33.6 Å². The van der Waals surface area contributed by atoms with E-state index in [4.69, 9.17) is 0 Å². The molecule has 0 saturated carbocycles. The summed E-state index contributed by atoms with van der Waals surface area (Å²) in [6.07, 6.45) is 2.94. The van der Waals surface area contributed by atoms with E-state index >= 15 is 0 Å². The zero-order valence-electron chi connectivity index (χ0n) is 16.4. The van der Waals surface area contributed by atoms with Crippen LogP contribution in [0, 0.1) is 0 Å². The highest BCUT2D eigenvalue weighted by molar-refractivity contribution is 7.92. The summed E-state index contributed by atoms with van der Waals surface area (Å²) in [4.78, 5) is 30.8. The Labute approximate surface area is 174 Å². The number of sulfonamides is 1. The smallest absolute Gasteiger partial charge is 0.268 e. The number of nitrogens with one attached hydrogen (secondary N) is 1. The molecule has 2 amide bonds. The Balaban J connectivity index is 1.70. The molecule has 8 heteroatoms. The zero-order chi connectivity index (χ0) is 21.5. The number of aromatic nitrogens is 1. The van der Waals surface area contributed by atoms with E-state index in [1.54, 1.807) is 24.3 Å². The Morgan fingerprint density at radius 3 is 2.30 bits per heavy atom. The number of carbonyl (C=O) groups excluding carboxylic acids is 2. The first kappa shape index (κ1) is 19.8. The van der Waals surface area contributed by atoms with Gasteiger partial charge in [-0.25, -0.2) is 13.3 Å². The Bertz CT molecular complexity index is 1240. The highest BCUT2D eigenvalue weighted by Gasteiger charge is 2.39. The maximum absolute atomic E-state index is 13.0. The average molecular weight is 421 g/mol. The van der Waals surface area contributed by atoms with Gasteiger partial charge < -0.3 is 0 Å². The summed E-state index contributed by atoms with van der Waals surface area (Å²) in [5.41, 5.74) is 1.56. The van der Waals surface area contributed by atoms with E-state index in [0.29, 0.717) is 5.69 Å². The number of amides is 2. The van der Waals surface area contributed by atoms with Crippen molar-refractivity contribution < 1.29 is 18.0 Å². The topological polar surface area (TPSA) is 96.4 Å². The summed E-state index contributed by atoms with van der Waals surface area (Å²) in [6, 6.07) is 14.3. The van der Waals surface area contributed by atoms with Gasteiger partial charge in [-0.1, -0.05) is 32.0 Å². The lowest BCUT2D eigenvalue weighted by atomic mass is 10.0. The molecule has 0 bridgehead atoms. The predicted molar refractivity (Wildman–Crippen MR) is 113 cm³/mol. The SMILES string of the molecule is CC(C)c1ccc(S(=O)(=O)Nc2cccc3c2C(=O)N(c2cccnc2)C3=O)cc1. The quantitative estimate of drug-likeness (QED) is 0.632. The van der Waals surface area contributed by atoms with Crippen LogP contribution in [0.2, 0.25) is 0 Å². The number of benzene rings is 2. The lowest BCUT2D eigenvalue weighted by molar-refractivity contribution is 0.0926. The maximum Gasteiger partial charge on any atom is 0.268 e. The summed E-state index contributed by atoms with van der Waals surface area (Å²) in [7, 11) is -3.94. The monoisotopic (exact) mass is 421 g/mol. The molecule has 1 aromatic heterocycles. The fourth-order valence-corrected chi connectivity index (χ4v) is 4.40. The van der Waals surface area contributed by atoms with Gasteiger partial charge in [0.2, 0.25) is 0 Å². The number of imide groups is 1. The normalized spacial score (nSPS) is 13.6. The fraction of sp³-hybridized carbons (Fsp3) is 0.136. The number of rotatable bonds is 5. The van der Waals surface area contributed by atoms with Crippen molar-refractivity contribution in [3.05, 3.63) is 83.7 Å². The van der Waals surface area contributed by atoms with Crippen molar-refractivity contribution in [1.82, 2.24) is 4.98 Å². The minimum atomic E-state index is -3.94. The second kappa shape index (κ2) is 7.38. The average Bonchev–Trinajstić information content (AvgIpc) is 2.99. The summed E-state index contributed by atoms with van der Waals surface area (Å²) in [6.45, 7) is 4.04. The van der Waals surface area contributed by atoms with E-state index < -0.39 is 21.8 Å². The molecule has 0 aliphatic carbocycles. The largest absolute Gasteiger partial charge is 0.279 e. The summed E-state index contributed by atoms with van der Waals surface area (Å²) < 4.78 is 28.2. The molecule has 0 unspecified atom stereocenters. The lowest BCUT2D eigenvalue weighted by Crippen LogP contribution is -2.29. The van der Waals surface area contributed by atoms with E-state index in [1.807, 2.05) is 13.8 Å². The van der Waals surface area contributed by atoms with Gasteiger partial charge in [-0.15, -0.1) is 0 Å². The number of carbonyl (C=O) groups is 2. The van der Waals surface area contributed by atoms with E-state index in [-0.39, 0.29) is 27.6 Å². The summed E-state index contributed by atoms with van der Waals surface area (Å²) >= 11 is 0. The molecule has 7 nitrogen and oxygen atoms in total. The van der Waals surface area contributed by atoms with Crippen molar-refractivity contribution >= 4 is 33.2 Å². The minimum absolute atomic E-state index is 0.0220. The van der Waals surface area contributed by atoms with Crippen LogP contribution in [0.1, 0.15) is 46.0 Å². The highest BCUT2D eigenvalue weighted by Crippen LogP contribution is 2.33. The molecular formula is C22H19N3O4S. The molecule has 0 fully saturated rings. The van der Waals surface area contributed by atoms with Crippen LogP contribution < -0.4 is 9.62 Å². The third-order valence-electron chi connectivity index (χ3n) is 4.92. The molecule has 152 valence electrons. The van der Waals surface area contributed by atoms with Crippen LogP contribution in [0.25, 0.3) is 0 Å². The van der Waals surface area contributed by atoms with Crippen LogP contribution in [0.4, 0.5) is 11.4 Å². The third-order valence-corrected chi connectivity index (χ3v) is 6.30. The molecule has 1 aliphatic heterocycles. The predicted octanol–water partition coefficient (Wildman–Crippen LogP) is 3.81. The molecule has 3 aromatic rings. The van der Waals surface area contributed by atoms with Crippen LogP contribution >= 0.6 is 0 Å². The second-order valence-electron chi connectivity index (χ2n) is 7.21. The minimum Gasteiger partial charge on any atom is -0.279 e. The standard InChI is InChI=1S/C22H19N3O4S/c1-14(2)15-8-10-17(11-9-15)30(28,29)24-19-7-3-6-18-20(19)22(27)25(21(18)26)16-5-4-12-23-13-16/h3-14,24H,1-2H3. The van der Waals surface area contributed by atoms with Crippen LogP contribution in [0.15, 0.2) is 71.9 Å². The van der Waals surface area contributed by atoms with Crippen molar-refractivity contribution in [3.63, 3.8) is 0 Å². The van der Waals surface area contributed by atoms with Gasteiger partial charge in [0.25, 0.3) is 21.8 Å². The number of hydrogen-bond acceptors (Lipinski definition) is 5. The first-order chi connectivity index (χ1) is 14.3. The molecule has 4 rings (SSSR count). The molecule has 30 heavy (non-hydrogen) atoms. The molecule has 0 spiro atoms. The number of fused-ring (bicyclic) bond motifs is 1. The number of hydrogen-bond donors (Lipinski definition) is 1. The van der Waals surface area contributed by atoms with Crippen molar-refractivity contribution in [1.29, 1.82) is 0 Å². The lowest BCUT2D eigenvalue weighted by Gasteiger charge is -2.14. The van der Waals surface area contributed by atoms with E-state index in [9.17, 15) is 18.0 Å². The van der Waals surface area contributed by atoms with Gasteiger partial charge in [-0.2, -0.15) is 0 Å². The van der Waals surface area contributed by atoms with Gasteiger partial charge >= 0.3 is 0 Å². The first-order valence-electron chi connectivity index (χ1n) is 9.34. The van der Waals surface area contributed by atoms with Crippen molar-refractivity contribution in [2.75, 3.05) is 9.62 Å². The maximum atomic E-state index is 13.0. The van der Waals surface area contributed by atoms with E-state index in [1.165, 1.54) is 42.7 Å². The Kier molecular flexibility index (Phi) is 4.87. The third kappa shape index (κ3) is 3.35. The first-order valence-corrected chi connectivity index (χ1v) is 10.8. The molecular weight excluding hydrogens is 402 g/mol. The molecule has 1 N–H and O–H groups in total. The van der Waals surface area contributed by atoms with Crippen LogP contribution in [0.5, 0.6) is 0 Å². The number of pyridine rings is 1. The molecule has 0 saturated heterocycles. The molecule has 2 heterocycles. The van der Waals surface area contributed by atoms with Crippen molar-refractivity contribution in [2.45, 2.75) is 24.7 Å². The van der Waals surface area contributed by atoms with Crippen LogP contribution in [-0.2, 0) is 10.0 Å². The highest BCUT2D eigenvalue weighted by atomic mass is 32.2. The molecule has 2 aromatic carbocycles. The van der Waals surface area contributed by atoms with Crippen molar-refractivity contribution in [3.8, 4) is 0 Å².